The number of nitrogens with zero attached hydrogens (tertiary/aromatic N) is 2. The molecule has 1 aromatic heterocycles. The van der Waals surface area contributed by atoms with Gasteiger partial charge >= 0.3 is 6.09 Å². The molecule has 1 N–H and O–H groups in total. The van der Waals surface area contributed by atoms with E-state index >= 15 is 0 Å². The molecule has 0 bridgehead atoms. The SMILES string of the molecule is O=C(NCc1ccncc1)[C@@H]1COC(=O)N1CC1CCCCC1. The van der Waals surface area contributed by atoms with E-state index in [1.54, 1.807) is 17.3 Å². The van der Waals surface area contributed by atoms with Crippen molar-refractivity contribution in [1.29, 1.82) is 0 Å². The smallest absolute Gasteiger partial charge is 0.410 e. The largest absolute Gasteiger partial charge is 0.447 e. The normalized spacial score (nSPS) is 22.0. The van der Waals surface area contributed by atoms with Gasteiger partial charge in [0.05, 0.1) is 0 Å². The molecule has 1 aliphatic carbocycles. The second-order valence-electron chi connectivity index (χ2n) is 6.32. The zero-order valence-corrected chi connectivity index (χ0v) is 13.2. The van der Waals surface area contributed by atoms with Crippen LogP contribution in [-0.2, 0) is 16.1 Å². The molecule has 1 saturated carbocycles. The van der Waals surface area contributed by atoms with Crippen molar-refractivity contribution in [3.05, 3.63) is 30.1 Å². The van der Waals surface area contributed by atoms with Crippen molar-refractivity contribution in [3.63, 3.8) is 0 Å². The van der Waals surface area contributed by atoms with Gasteiger partial charge in [-0.25, -0.2) is 4.79 Å². The highest BCUT2D eigenvalue weighted by atomic mass is 16.6. The minimum absolute atomic E-state index is 0.147. The Balaban J connectivity index is 1.56. The van der Waals surface area contributed by atoms with Gasteiger partial charge in [0, 0.05) is 25.5 Å². The molecule has 124 valence electrons. The van der Waals surface area contributed by atoms with E-state index < -0.39 is 6.04 Å². The molecule has 23 heavy (non-hydrogen) atoms. The Kier molecular flexibility index (Phi) is 5.10. The van der Waals surface area contributed by atoms with Crippen LogP contribution in [0.4, 0.5) is 4.79 Å². The molecule has 6 heteroatoms. The molecule has 3 rings (SSSR count). The fourth-order valence-electron chi connectivity index (χ4n) is 3.32. The van der Waals surface area contributed by atoms with Crippen LogP contribution < -0.4 is 5.32 Å². The molecule has 1 atom stereocenters. The Bertz CT molecular complexity index is 543. The summed E-state index contributed by atoms with van der Waals surface area (Å²) in [5.41, 5.74) is 0.984. The maximum absolute atomic E-state index is 12.4. The average molecular weight is 317 g/mol. The fourth-order valence-corrected chi connectivity index (χ4v) is 3.32. The third kappa shape index (κ3) is 4.00. The highest BCUT2D eigenvalue weighted by Crippen LogP contribution is 2.26. The second kappa shape index (κ2) is 7.44. The third-order valence-corrected chi connectivity index (χ3v) is 4.67. The highest BCUT2D eigenvalue weighted by Gasteiger charge is 2.39. The van der Waals surface area contributed by atoms with Crippen LogP contribution in [0.1, 0.15) is 37.7 Å². The summed E-state index contributed by atoms with van der Waals surface area (Å²) in [6.07, 6.45) is 9.00. The molecule has 2 fully saturated rings. The lowest BCUT2D eigenvalue weighted by molar-refractivity contribution is -0.125. The van der Waals surface area contributed by atoms with E-state index in [0.717, 1.165) is 18.4 Å². The van der Waals surface area contributed by atoms with Crippen LogP contribution in [0.2, 0.25) is 0 Å². The first kappa shape index (κ1) is 15.8. The van der Waals surface area contributed by atoms with Crippen LogP contribution in [0, 0.1) is 5.92 Å². The van der Waals surface area contributed by atoms with Gasteiger partial charge in [0.15, 0.2) is 0 Å². The molecule has 0 spiro atoms. The number of nitrogens with one attached hydrogen (secondary N) is 1. The number of aromatic nitrogens is 1. The summed E-state index contributed by atoms with van der Waals surface area (Å²) in [5, 5.41) is 2.89. The number of carbonyl (C=O) groups is 2. The molecule has 1 aliphatic heterocycles. The van der Waals surface area contributed by atoms with E-state index in [-0.39, 0.29) is 18.6 Å². The molecule has 2 amide bonds. The topological polar surface area (TPSA) is 71.5 Å². The standard InChI is InChI=1S/C17H23N3O3/c21-16(19-10-13-6-8-18-9-7-13)15-12-23-17(22)20(15)11-14-4-2-1-3-5-14/h6-9,14-15H,1-5,10-12H2,(H,19,21)/t15-/m0/s1. The summed E-state index contributed by atoms with van der Waals surface area (Å²) < 4.78 is 5.11. The van der Waals surface area contributed by atoms with Gasteiger partial charge in [0.1, 0.15) is 12.6 Å². The maximum atomic E-state index is 12.4. The van der Waals surface area contributed by atoms with Crippen molar-refractivity contribution in [2.75, 3.05) is 13.2 Å². The van der Waals surface area contributed by atoms with Crippen LogP contribution in [-0.4, -0.2) is 41.1 Å². The van der Waals surface area contributed by atoms with Crippen LogP contribution in [0.5, 0.6) is 0 Å². The number of hydrogen-bond acceptors (Lipinski definition) is 4. The van der Waals surface area contributed by atoms with Crippen molar-refractivity contribution in [2.24, 2.45) is 5.92 Å². The summed E-state index contributed by atoms with van der Waals surface area (Å²) in [7, 11) is 0. The number of cyclic esters (lactones) is 1. The quantitative estimate of drug-likeness (QED) is 0.903. The number of rotatable bonds is 5. The molecule has 0 aromatic carbocycles. The van der Waals surface area contributed by atoms with Crippen molar-refractivity contribution in [3.8, 4) is 0 Å². The Morgan fingerprint density at radius 2 is 2.00 bits per heavy atom. The van der Waals surface area contributed by atoms with E-state index in [9.17, 15) is 9.59 Å². The van der Waals surface area contributed by atoms with Gasteiger partial charge in [-0.2, -0.15) is 0 Å². The minimum atomic E-state index is -0.508. The third-order valence-electron chi connectivity index (χ3n) is 4.67. The van der Waals surface area contributed by atoms with Crippen molar-refractivity contribution in [1.82, 2.24) is 15.2 Å². The monoisotopic (exact) mass is 317 g/mol. The van der Waals surface area contributed by atoms with Crippen LogP contribution >= 0.6 is 0 Å². The fraction of sp³-hybridized carbons (Fsp3) is 0.588. The van der Waals surface area contributed by atoms with E-state index in [1.807, 2.05) is 12.1 Å². The number of carbonyl (C=O) groups excluding carboxylic acids is 2. The van der Waals surface area contributed by atoms with Crippen molar-refractivity contribution < 1.29 is 14.3 Å². The molecule has 1 aromatic rings. The summed E-state index contributed by atoms with van der Waals surface area (Å²) in [6, 6.07) is 3.21. The summed E-state index contributed by atoms with van der Waals surface area (Å²) in [5.74, 6) is 0.341. The lowest BCUT2D eigenvalue weighted by Gasteiger charge is -2.28. The van der Waals surface area contributed by atoms with E-state index in [0.29, 0.717) is 19.0 Å². The zero-order valence-electron chi connectivity index (χ0n) is 13.2. The van der Waals surface area contributed by atoms with Crippen molar-refractivity contribution in [2.45, 2.75) is 44.7 Å². The van der Waals surface area contributed by atoms with Gasteiger partial charge in [-0.15, -0.1) is 0 Å². The molecule has 2 heterocycles. The van der Waals surface area contributed by atoms with Crippen molar-refractivity contribution >= 4 is 12.0 Å². The van der Waals surface area contributed by atoms with Crippen LogP contribution in [0.15, 0.2) is 24.5 Å². The zero-order chi connectivity index (χ0) is 16.1. The molecular formula is C17H23N3O3. The van der Waals surface area contributed by atoms with E-state index in [1.165, 1.54) is 19.3 Å². The van der Waals surface area contributed by atoms with Gasteiger partial charge < -0.3 is 10.1 Å². The number of hydrogen-bond donors (Lipinski definition) is 1. The van der Waals surface area contributed by atoms with Gasteiger partial charge in [0.2, 0.25) is 5.91 Å². The minimum Gasteiger partial charge on any atom is -0.447 e. The average Bonchev–Trinajstić information content (AvgIpc) is 2.95. The van der Waals surface area contributed by atoms with Gasteiger partial charge in [-0.1, -0.05) is 19.3 Å². The summed E-state index contributed by atoms with van der Waals surface area (Å²) in [4.78, 5) is 29.9. The van der Waals surface area contributed by atoms with Crippen LogP contribution in [0.25, 0.3) is 0 Å². The van der Waals surface area contributed by atoms with E-state index in [2.05, 4.69) is 10.3 Å². The molecule has 6 nitrogen and oxygen atoms in total. The lowest BCUT2D eigenvalue weighted by atomic mass is 9.89. The molecular weight excluding hydrogens is 294 g/mol. The number of pyridine rings is 1. The first-order chi connectivity index (χ1) is 11.2. The van der Waals surface area contributed by atoms with Gasteiger partial charge in [0.25, 0.3) is 0 Å². The molecule has 2 aliphatic rings. The Hall–Kier alpha value is -2.11. The molecule has 0 unspecified atom stereocenters. The Morgan fingerprint density at radius 3 is 2.74 bits per heavy atom. The first-order valence-corrected chi connectivity index (χ1v) is 8.34. The molecule has 1 saturated heterocycles. The van der Waals surface area contributed by atoms with Crippen LogP contribution in [0.3, 0.4) is 0 Å². The highest BCUT2D eigenvalue weighted by molar-refractivity contribution is 5.87. The predicted molar refractivity (Wildman–Crippen MR) is 84.5 cm³/mol. The maximum Gasteiger partial charge on any atom is 0.410 e. The Morgan fingerprint density at radius 1 is 1.26 bits per heavy atom. The second-order valence-corrected chi connectivity index (χ2v) is 6.32. The predicted octanol–water partition coefficient (Wildman–Crippen LogP) is 2.10. The van der Waals surface area contributed by atoms with E-state index in [4.69, 9.17) is 4.74 Å². The lowest BCUT2D eigenvalue weighted by Crippen LogP contribution is -2.47. The Labute approximate surface area is 136 Å². The summed E-state index contributed by atoms with van der Waals surface area (Å²) in [6.45, 7) is 1.21. The van der Waals surface area contributed by atoms with Gasteiger partial charge in [-0.3, -0.25) is 14.7 Å². The molecule has 0 radical (unpaired) electrons. The summed E-state index contributed by atoms with van der Waals surface area (Å²) >= 11 is 0. The number of ether oxygens (including phenoxy) is 1. The first-order valence-electron chi connectivity index (χ1n) is 8.34. The van der Waals surface area contributed by atoms with Gasteiger partial charge in [-0.05, 0) is 36.5 Å². The number of amides is 2.